The number of aliphatic hydroxyl groups excluding tert-OH is 1. The molecule has 0 bridgehead atoms. The molecule has 1 aliphatic carbocycles. The monoisotopic (exact) mass is 252 g/mol. The number of allylic oxidation sites excluding steroid dienone is 1. The molecule has 2 rings (SSSR count). The molecule has 18 heavy (non-hydrogen) atoms. The molecule has 1 saturated heterocycles. The summed E-state index contributed by atoms with van der Waals surface area (Å²) in [4.78, 5) is 4.77. The molecule has 104 valence electrons. The lowest BCUT2D eigenvalue weighted by molar-refractivity contribution is 0.148. The second-order valence-corrected chi connectivity index (χ2v) is 6.14. The summed E-state index contributed by atoms with van der Waals surface area (Å²) in [6.45, 7) is 1.91. The van der Waals surface area contributed by atoms with Crippen LogP contribution in [0.15, 0.2) is 12.2 Å². The van der Waals surface area contributed by atoms with Crippen LogP contribution < -0.4 is 0 Å². The molecule has 0 saturated carbocycles. The number of hydrogen-bond donors (Lipinski definition) is 1. The highest BCUT2D eigenvalue weighted by molar-refractivity contribution is 5.01. The first kappa shape index (κ1) is 14.0. The Labute approximate surface area is 111 Å². The first-order valence-corrected chi connectivity index (χ1v) is 7.42. The van der Waals surface area contributed by atoms with E-state index in [4.69, 9.17) is 0 Å². The summed E-state index contributed by atoms with van der Waals surface area (Å²) in [5.41, 5.74) is 0. The second kappa shape index (κ2) is 6.69. The molecule has 3 unspecified atom stereocenters. The number of β-amino-alcohol motifs (C(OH)–C–C–N with tert-alkyl or cyclic N) is 1. The van der Waals surface area contributed by atoms with E-state index in [1.54, 1.807) is 0 Å². The summed E-state index contributed by atoms with van der Waals surface area (Å²) in [6, 6.07) is 1.07. The van der Waals surface area contributed by atoms with E-state index in [2.05, 4.69) is 36.0 Å². The van der Waals surface area contributed by atoms with E-state index >= 15 is 0 Å². The van der Waals surface area contributed by atoms with E-state index in [0.29, 0.717) is 12.1 Å². The standard InChI is InChI=1S/C15H28N2O/c1-16(2)11-14-10-15(18)12-17(14)13-8-6-4-3-5-7-9-13/h6,8,13-15,18H,3-5,7,9-12H2,1-2H3/b8-6+. The normalized spacial score (nSPS) is 36.6. The van der Waals surface area contributed by atoms with Gasteiger partial charge in [0.25, 0.3) is 0 Å². The van der Waals surface area contributed by atoms with Crippen molar-refractivity contribution in [2.24, 2.45) is 0 Å². The summed E-state index contributed by atoms with van der Waals surface area (Å²) >= 11 is 0. The molecule has 0 amide bonds. The average Bonchev–Trinajstić information content (AvgIpc) is 2.58. The summed E-state index contributed by atoms with van der Waals surface area (Å²) in [5.74, 6) is 0. The van der Waals surface area contributed by atoms with Crippen LogP contribution in [0.5, 0.6) is 0 Å². The third-order valence-electron chi connectivity index (χ3n) is 4.17. The maximum absolute atomic E-state index is 9.96. The first-order chi connectivity index (χ1) is 8.66. The Morgan fingerprint density at radius 2 is 2.11 bits per heavy atom. The van der Waals surface area contributed by atoms with Crippen LogP contribution in [-0.2, 0) is 0 Å². The van der Waals surface area contributed by atoms with Gasteiger partial charge in [-0.15, -0.1) is 0 Å². The topological polar surface area (TPSA) is 26.7 Å². The van der Waals surface area contributed by atoms with Crippen LogP contribution in [0.1, 0.15) is 38.5 Å². The SMILES string of the molecule is CN(C)CC1CC(O)CN1C1/C=C/CCCCC1. The molecule has 3 atom stereocenters. The van der Waals surface area contributed by atoms with Crippen molar-refractivity contribution in [3.05, 3.63) is 12.2 Å². The van der Waals surface area contributed by atoms with Gasteiger partial charge in [-0.1, -0.05) is 25.0 Å². The summed E-state index contributed by atoms with van der Waals surface area (Å²) in [6.07, 6.45) is 12.1. The summed E-state index contributed by atoms with van der Waals surface area (Å²) in [5, 5.41) is 9.96. The summed E-state index contributed by atoms with van der Waals surface area (Å²) < 4.78 is 0. The van der Waals surface area contributed by atoms with E-state index < -0.39 is 0 Å². The Hall–Kier alpha value is -0.380. The van der Waals surface area contributed by atoms with Crippen LogP contribution in [0.4, 0.5) is 0 Å². The minimum atomic E-state index is -0.131. The van der Waals surface area contributed by atoms with Gasteiger partial charge in [-0.05, 0) is 39.8 Å². The van der Waals surface area contributed by atoms with Crippen LogP contribution in [0.25, 0.3) is 0 Å². The van der Waals surface area contributed by atoms with Gasteiger partial charge in [0.05, 0.1) is 6.10 Å². The molecule has 3 heteroatoms. The Kier molecular flexibility index (Phi) is 5.22. The quantitative estimate of drug-likeness (QED) is 0.777. The smallest absolute Gasteiger partial charge is 0.0682 e. The van der Waals surface area contributed by atoms with E-state index in [1.807, 2.05) is 0 Å². The van der Waals surface area contributed by atoms with Gasteiger partial charge in [0, 0.05) is 25.2 Å². The fourth-order valence-electron chi connectivity index (χ4n) is 3.34. The van der Waals surface area contributed by atoms with Gasteiger partial charge < -0.3 is 10.0 Å². The Balaban J connectivity index is 2.01. The number of nitrogens with zero attached hydrogens (tertiary/aromatic N) is 2. The van der Waals surface area contributed by atoms with Crippen molar-refractivity contribution in [1.29, 1.82) is 0 Å². The first-order valence-electron chi connectivity index (χ1n) is 7.42. The molecule has 1 heterocycles. The molecule has 2 aliphatic rings. The number of hydrogen-bond acceptors (Lipinski definition) is 3. The lowest BCUT2D eigenvalue weighted by Crippen LogP contribution is -2.43. The van der Waals surface area contributed by atoms with Crippen LogP contribution in [-0.4, -0.2) is 60.3 Å². The van der Waals surface area contributed by atoms with E-state index in [-0.39, 0.29) is 6.10 Å². The van der Waals surface area contributed by atoms with Gasteiger partial charge in [0.1, 0.15) is 0 Å². The minimum absolute atomic E-state index is 0.131. The van der Waals surface area contributed by atoms with E-state index in [1.165, 1.54) is 32.1 Å². The molecule has 1 fully saturated rings. The molecule has 0 aromatic rings. The van der Waals surface area contributed by atoms with Crippen LogP contribution >= 0.6 is 0 Å². The zero-order valence-corrected chi connectivity index (χ0v) is 11.9. The fourth-order valence-corrected chi connectivity index (χ4v) is 3.34. The Morgan fingerprint density at radius 1 is 1.28 bits per heavy atom. The third kappa shape index (κ3) is 3.81. The number of likely N-dealkylation sites (N-methyl/N-ethyl adjacent to an activating group) is 1. The van der Waals surface area contributed by atoms with Crippen molar-refractivity contribution in [3.63, 3.8) is 0 Å². The van der Waals surface area contributed by atoms with E-state index in [9.17, 15) is 5.11 Å². The van der Waals surface area contributed by atoms with Crippen molar-refractivity contribution >= 4 is 0 Å². The minimum Gasteiger partial charge on any atom is -0.392 e. The molecule has 1 aliphatic heterocycles. The van der Waals surface area contributed by atoms with E-state index in [0.717, 1.165) is 19.5 Å². The van der Waals surface area contributed by atoms with Crippen molar-refractivity contribution < 1.29 is 5.11 Å². The van der Waals surface area contributed by atoms with Crippen molar-refractivity contribution in [1.82, 2.24) is 9.80 Å². The number of aliphatic hydroxyl groups is 1. The highest BCUT2D eigenvalue weighted by Crippen LogP contribution is 2.26. The largest absolute Gasteiger partial charge is 0.392 e. The molecule has 1 N–H and O–H groups in total. The number of likely N-dealkylation sites (tertiary alicyclic amines) is 1. The van der Waals surface area contributed by atoms with Crippen LogP contribution in [0.3, 0.4) is 0 Å². The van der Waals surface area contributed by atoms with Crippen molar-refractivity contribution in [2.45, 2.75) is 56.7 Å². The van der Waals surface area contributed by atoms with Gasteiger partial charge >= 0.3 is 0 Å². The van der Waals surface area contributed by atoms with Crippen LogP contribution in [0, 0.1) is 0 Å². The van der Waals surface area contributed by atoms with Gasteiger partial charge in [-0.25, -0.2) is 0 Å². The molecular formula is C15H28N2O. The van der Waals surface area contributed by atoms with Crippen molar-refractivity contribution in [2.75, 3.05) is 27.2 Å². The molecule has 0 radical (unpaired) electrons. The predicted octanol–water partition coefficient (Wildman–Crippen LogP) is 1.87. The summed E-state index contributed by atoms with van der Waals surface area (Å²) in [7, 11) is 4.24. The zero-order valence-electron chi connectivity index (χ0n) is 11.9. The Morgan fingerprint density at radius 3 is 2.89 bits per heavy atom. The van der Waals surface area contributed by atoms with Gasteiger partial charge in [0.15, 0.2) is 0 Å². The van der Waals surface area contributed by atoms with Gasteiger partial charge in [-0.3, -0.25) is 4.90 Å². The maximum atomic E-state index is 9.96. The highest BCUT2D eigenvalue weighted by atomic mass is 16.3. The molecular weight excluding hydrogens is 224 g/mol. The van der Waals surface area contributed by atoms with Crippen molar-refractivity contribution in [3.8, 4) is 0 Å². The molecule has 0 spiro atoms. The Bertz CT molecular complexity index is 278. The lowest BCUT2D eigenvalue weighted by Gasteiger charge is -2.33. The van der Waals surface area contributed by atoms with Crippen LogP contribution in [0.2, 0.25) is 0 Å². The molecule has 0 aromatic heterocycles. The number of rotatable bonds is 3. The van der Waals surface area contributed by atoms with Gasteiger partial charge in [-0.2, -0.15) is 0 Å². The highest BCUT2D eigenvalue weighted by Gasteiger charge is 2.34. The second-order valence-electron chi connectivity index (χ2n) is 6.14. The molecule has 3 nitrogen and oxygen atoms in total. The maximum Gasteiger partial charge on any atom is 0.0682 e. The van der Waals surface area contributed by atoms with Gasteiger partial charge in [0.2, 0.25) is 0 Å². The average molecular weight is 252 g/mol. The lowest BCUT2D eigenvalue weighted by atomic mass is 10.0. The molecule has 0 aromatic carbocycles. The predicted molar refractivity (Wildman–Crippen MR) is 75.7 cm³/mol. The fraction of sp³-hybridized carbons (Fsp3) is 0.867. The zero-order chi connectivity index (χ0) is 13.0. The third-order valence-corrected chi connectivity index (χ3v) is 4.17.